The highest BCUT2D eigenvalue weighted by atomic mass is 35.5. The van der Waals surface area contributed by atoms with Gasteiger partial charge in [0.25, 0.3) is 0 Å². The van der Waals surface area contributed by atoms with Crippen molar-refractivity contribution in [3.8, 4) is 5.75 Å². The van der Waals surface area contributed by atoms with Crippen LogP contribution in [-0.4, -0.2) is 12.8 Å². The van der Waals surface area contributed by atoms with E-state index in [1.165, 1.54) is 0 Å². The molecule has 0 bridgehead atoms. The largest absolute Gasteiger partial charge is 0.513 e. The van der Waals surface area contributed by atoms with E-state index >= 15 is 0 Å². The highest BCUT2D eigenvalue weighted by molar-refractivity contribution is 6.46. The summed E-state index contributed by atoms with van der Waals surface area (Å²) in [6.45, 7) is 1.95. The van der Waals surface area contributed by atoms with E-state index in [1.807, 2.05) is 36.4 Å². The molecule has 0 aromatic heterocycles. The van der Waals surface area contributed by atoms with Gasteiger partial charge >= 0.3 is 6.16 Å². The second-order valence-electron chi connectivity index (χ2n) is 4.67. The van der Waals surface area contributed by atoms with Gasteiger partial charge in [0.15, 0.2) is 5.75 Å². The van der Waals surface area contributed by atoms with Crippen LogP contribution >= 0.6 is 23.2 Å². The van der Waals surface area contributed by atoms with Crippen molar-refractivity contribution >= 4 is 50.9 Å². The molecule has 0 amide bonds. The van der Waals surface area contributed by atoms with E-state index in [9.17, 15) is 4.79 Å². The second kappa shape index (κ2) is 6.03. The topological polar surface area (TPSA) is 35.5 Å². The Kier molecular flexibility index (Phi) is 4.10. The number of hydrogen-bond donors (Lipinski definition) is 0. The van der Waals surface area contributed by atoms with Crippen molar-refractivity contribution in [3.05, 3.63) is 52.5 Å². The number of carbonyl (C=O) groups is 1. The molecule has 0 aliphatic rings. The van der Waals surface area contributed by atoms with E-state index in [4.69, 9.17) is 32.7 Å². The third kappa shape index (κ3) is 2.58. The number of fused-ring (bicyclic) bond motifs is 2. The average Bonchev–Trinajstić information content (AvgIpc) is 2.51. The fraction of sp³-hybridized carbons (Fsp3) is 0.118. The average molecular weight is 335 g/mol. The Morgan fingerprint density at radius 3 is 2.64 bits per heavy atom. The van der Waals surface area contributed by atoms with Gasteiger partial charge in [0.1, 0.15) is 0 Å². The molecular formula is C17H12Cl2O3. The lowest BCUT2D eigenvalue weighted by Crippen LogP contribution is -2.10. The maximum Gasteiger partial charge on any atom is 0.513 e. The molecule has 0 unspecified atom stereocenters. The summed E-state index contributed by atoms with van der Waals surface area (Å²) >= 11 is 12.4. The van der Waals surface area contributed by atoms with Crippen LogP contribution in [0.15, 0.2) is 42.5 Å². The first-order valence-corrected chi connectivity index (χ1v) is 7.51. The Balaban J connectivity index is 2.35. The Hall–Kier alpha value is -1.97. The van der Waals surface area contributed by atoms with E-state index in [0.717, 1.165) is 16.2 Å². The van der Waals surface area contributed by atoms with E-state index in [-0.39, 0.29) is 6.61 Å². The molecule has 0 aliphatic heterocycles. The maximum atomic E-state index is 11.8. The van der Waals surface area contributed by atoms with Crippen molar-refractivity contribution < 1.29 is 14.3 Å². The summed E-state index contributed by atoms with van der Waals surface area (Å²) in [5.74, 6) is 0.360. The molecule has 0 aliphatic carbocycles. The Labute approximate surface area is 137 Å². The second-order valence-corrected chi connectivity index (χ2v) is 5.46. The van der Waals surface area contributed by atoms with Gasteiger partial charge in [-0.2, -0.15) is 0 Å². The van der Waals surface area contributed by atoms with Gasteiger partial charge in [0.2, 0.25) is 0 Å². The van der Waals surface area contributed by atoms with Crippen LogP contribution in [0.2, 0.25) is 10.0 Å². The molecule has 0 fully saturated rings. The zero-order chi connectivity index (χ0) is 15.7. The Morgan fingerprint density at radius 1 is 1.09 bits per heavy atom. The van der Waals surface area contributed by atoms with Crippen LogP contribution in [0.3, 0.4) is 0 Å². The van der Waals surface area contributed by atoms with Crippen LogP contribution in [0.25, 0.3) is 21.5 Å². The summed E-state index contributed by atoms with van der Waals surface area (Å²) in [6, 6.07) is 13.1. The van der Waals surface area contributed by atoms with Gasteiger partial charge in [-0.15, -0.1) is 0 Å². The van der Waals surface area contributed by atoms with Crippen LogP contribution in [0, 0.1) is 0 Å². The van der Waals surface area contributed by atoms with Gasteiger partial charge < -0.3 is 9.47 Å². The number of rotatable bonds is 2. The van der Waals surface area contributed by atoms with E-state index in [1.54, 1.807) is 13.0 Å². The lowest BCUT2D eigenvalue weighted by molar-refractivity contribution is 0.105. The Morgan fingerprint density at radius 2 is 1.86 bits per heavy atom. The fourth-order valence-corrected chi connectivity index (χ4v) is 2.80. The molecule has 5 heteroatoms. The molecule has 0 radical (unpaired) electrons. The molecule has 0 atom stereocenters. The van der Waals surface area contributed by atoms with Crippen molar-refractivity contribution in [2.24, 2.45) is 0 Å². The van der Waals surface area contributed by atoms with Crippen LogP contribution in [0.4, 0.5) is 4.79 Å². The Bertz CT molecular complexity index is 875. The summed E-state index contributed by atoms with van der Waals surface area (Å²) in [5, 5.41) is 3.90. The van der Waals surface area contributed by atoms with Crippen molar-refractivity contribution in [3.63, 3.8) is 0 Å². The minimum atomic E-state index is -0.767. The SMILES string of the molecule is CCOC(=O)Oc1c2ccccc2cc2ccc(Cl)c(Cl)c12. The molecule has 0 heterocycles. The molecule has 0 saturated carbocycles. The smallest absolute Gasteiger partial charge is 0.434 e. The first-order valence-electron chi connectivity index (χ1n) is 6.76. The van der Waals surface area contributed by atoms with Gasteiger partial charge in [-0.05, 0) is 29.8 Å². The van der Waals surface area contributed by atoms with E-state index in [0.29, 0.717) is 21.2 Å². The van der Waals surface area contributed by atoms with Gasteiger partial charge in [0, 0.05) is 10.8 Å². The molecule has 0 N–H and O–H groups in total. The number of benzene rings is 3. The molecular weight excluding hydrogens is 323 g/mol. The molecule has 3 rings (SSSR count). The van der Waals surface area contributed by atoms with Crippen molar-refractivity contribution in [1.82, 2.24) is 0 Å². The van der Waals surface area contributed by atoms with Crippen LogP contribution in [0.5, 0.6) is 5.75 Å². The molecule has 0 saturated heterocycles. The molecule has 3 aromatic rings. The van der Waals surface area contributed by atoms with Crippen molar-refractivity contribution in [2.45, 2.75) is 6.92 Å². The third-order valence-corrected chi connectivity index (χ3v) is 4.12. The molecule has 3 aromatic carbocycles. The predicted octanol–water partition coefficient (Wildman–Crippen LogP) is 5.84. The van der Waals surface area contributed by atoms with E-state index in [2.05, 4.69) is 0 Å². The van der Waals surface area contributed by atoms with Crippen molar-refractivity contribution in [2.75, 3.05) is 6.61 Å². The first-order chi connectivity index (χ1) is 10.6. The number of carbonyl (C=O) groups excluding carboxylic acids is 1. The number of halogens is 2. The standard InChI is InChI=1S/C17H12Cl2O3/c1-2-21-17(20)22-16-12-6-4-3-5-10(12)9-11-7-8-13(18)15(19)14(11)16/h3-9H,2H2,1H3. The predicted molar refractivity (Wildman–Crippen MR) is 89.1 cm³/mol. The molecule has 0 spiro atoms. The number of ether oxygens (including phenoxy) is 2. The minimum Gasteiger partial charge on any atom is -0.434 e. The summed E-state index contributed by atoms with van der Waals surface area (Å²) in [6.07, 6.45) is -0.767. The van der Waals surface area contributed by atoms with Crippen LogP contribution < -0.4 is 4.74 Å². The van der Waals surface area contributed by atoms with Crippen LogP contribution in [0.1, 0.15) is 6.92 Å². The quantitative estimate of drug-likeness (QED) is 0.335. The summed E-state index contributed by atoms with van der Waals surface area (Å²) in [5.41, 5.74) is 0. The van der Waals surface area contributed by atoms with Crippen molar-refractivity contribution in [1.29, 1.82) is 0 Å². The zero-order valence-corrected chi connectivity index (χ0v) is 13.2. The van der Waals surface area contributed by atoms with E-state index < -0.39 is 6.16 Å². The summed E-state index contributed by atoms with van der Waals surface area (Å²) < 4.78 is 10.3. The lowest BCUT2D eigenvalue weighted by atomic mass is 10.0. The lowest BCUT2D eigenvalue weighted by Gasteiger charge is -2.13. The monoisotopic (exact) mass is 334 g/mol. The highest BCUT2D eigenvalue weighted by Crippen LogP contribution is 2.41. The minimum absolute atomic E-state index is 0.232. The maximum absolute atomic E-state index is 11.8. The normalized spacial score (nSPS) is 10.9. The summed E-state index contributed by atoms with van der Waals surface area (Å²) in [7, 11) is 0. The summed E-state index contributed by atoms with van der Waals surface area (Å²) in [4.78, 5) is 11.8. The molecule has 22 heavy (non-hydrogen) atoms. The van der Waals surface area contributed by atoms with Gasteiger partial charge in [-0.3, -0.25) is 0 Å². The van der Waals surface area contributed by atoms with Gasteiger partial charge in [0.05, 0.1) is 16.7 Å². The number of hydrogen-bond acceptors (Lipinski definition) is 3. The first kappa shape index (κ1) is 14.9. The van der Waals surface area contributed by atoms with Gasteiger partial charge in [-0.1, -0.05) is 53.5 Å². The van der Waals surface area contributed by atoms with Gasteiger partial charge in [-0.25, -0.2) is 4.79 Å². The highest BCUT2D eigenvalue weighted by Gasteiger charge is 2.17. The zero-order valence-electron chi connectivity index (χ0n) is 11.7. The van der Waals surface area contributed by atoms with Crippen LogP contribution in [-0.2, 0) is 4.74 Å². The fourth-order valence-electron chi connectivity index (χ4n) is 2.39. The molecule has 3 nitrogen and oxygen atoms in total. The molecule has 112 valence electrons. The third-order valence-electron chi connectivity index (χ3n) is 3.32.